The quantitative estimate of drug-likeness (QED) is 0.750. The summed E-state index contributed by atoms with van der Waals surface area (Å²) in [6.07, 6.45) is 0. The van der Waals surface area contributed by atoms with Crippen molar-refractivity contribution in [1.29, 1.82) is 0 Å². The zero-order valence-electron chi connectivity index (χ0n) is 9.83. The average molecular weight is 270 g/mol. The molecule has 0 atom stereocenters. The number of benzene rings is 2. The number of fused-ring (bicyclic) bond motifs is 1. The monoisotopic (exact) mass is 270 g/mol. The van der Waals surface area contributed by atoms with Gasteiger partial charge in [0.2, 0.25) is 5.13 Å². The largest absolute Gasteiger partial charge is 0.325 e. The van der Waals surface area contributed by atoms with Gasteiger partial charge >= 0.3 is 6.03 Å². The zero-order chi connectivity index (χ0) is 13.1. The molecule has 3 aromatic rings. The topological polar surface area (TPSA) is 66.9 Å². The zero-order valence-corrected chi connectivity index (χ0v) is 10.6. The van der Waals surface area contributed by atoms with Crippen LogP contribution >= 0.6 is 11.3 Å². The third kappa shape index (κ3) is 2.53. The molecular weight excluding hydrogens is 260 g/mol. The van der Waals surface area contributed by atoms with Gasteiger partial charge in [0.15, 0.2) is 0 Å². The number of hydrogen-bond donors (Lipinski definition) is 2. The van der Waals surface area contributed by atoms with E-state index in [0.717, 1.165) is 16.5 Å². The highest BCUT2D eigenvalue weighted by Crippen LogP contribution is 2.23. The van der Waals surface area contributed by atoms with Gasteiger partial charge in [-0.2, -0.15) is 0 Å². The van der Waals surface area contributed by atoms with Gasteiger partial charge in [-0.15, -0.1) is 10.2 Å². The van der Waals surface area contributed by atoms with E-state index in [9.17, 15) is 4.79 Å². The molecule has 94 valence electrons. The summed E-state index contributed by atoms with van der Waals surface area (Å²) < 4.78 is 0. The third-order valence-electron chi connectivity index (χ3n) is 2.62. The molecule has 0 spiro atoms. The molecule has 3 rings (SSSR count). The van der Waals surface area contributed by atoms with E-state index in [4.69, 9.17) is 0 Å². The second-order valence-corrected chi connectivity index (χ2v) is 4.68. The summed E-state index contributed by atoms with van der Waals surface area (Å²) in [6.45, 7) is 0. The Kier molecular flexibility index (Phi) is 3.07. The van der Waals surface area contributed by atoms with E-state index in [0.29, 0.717) is 5.13 Å². The fraction of sp³-hybridized carbons (Fsp3) is 0. The van der Waals surface area contributed by atoms with Crippen molar-refractivity contribution < 1.29 is 4.79 Å². The van der Waals surface area contributed by atoms with Crippen LogP contribution < -0.4 is 10.6 Å². The number of hydrogen-bond acceptors (Lipinski definition) is 4. The van der Waals surface area contributed by atoms with Gasteiger partial charge in [-0.25, -0.2) is 4.79 Å². The molecule has 2 aromatic carbocycles. The van der Waals surface area contributed by atoms with Crippen LogP contribution in [0.2, 0.25) is 0 Å². The third-order valence-corrected chi connectivity index (χ3v) is 3.22. The number of aromatic nitrogens is 2. The number of carbonyl (C=O) groups is 1. The predicted octanol–water partition coefficient (Wildman–Crippen LogP) is 3.34. The summed E-state index contributed by atoms with van der Waals surface area (Å²) in [5, 5.41) is 15.4. The average Bonchev–Trinajstić information content (AvgIpc) is 2.92. The summed E-state index contributed by atoms with van der Waals surface area (Å²) >= 11 is 1.27. The summed E-state index contributed by atoms with van der Waals surface area (Å²) in [4.78, 5) is 11.8. The Labute approximate surface area is 113 Å². The van der Waals surface area contributed by atoms with E-state index in [2.05, 4.69) is 20.8 Å². The van der Waals surface area contributed by atoms with Crippen LogP contribution in [0.5, 0.6) is 0 Å². The Morgan fingerprint density at radius 3 is 2.74 bits per heavy atom. The summed E-state index contributed by atoms with van der Waals surface area (Å²) in [7, 11) is 0. The van der Waals surface area contributed by atoms with Crippen molar-refractivity contribution in [2.45, 2.75) is 0 Å². The highest BCUT2D eigenvalue weighted by molar-refractivity contribution is 7.13. The summed E-state index contributed by atoms with van der Waals surface area (Å²) in [5.41, 5.74) is 2.33. The van der Waals surface area contributed by atoms with Gasteiger partial charge in [0.05, 0.1) is 5.69 Å². The molecule has 0 radical (unpaired) electrons. The number of rotatable bonds is 2. The van der Waals surface area contributed by atoms with Crippen LogP contribution in [0.25, 0.3) is 10.8 Å². The Hall–Kier alpha value is -2.47. The second-order valence-electron chi connectivity index (χ2n) is 3.85. The molecule has 0 aliphatic carbocycles. The van der Waals surface area contributed by atoms with Crippen molar-refractivity contribution in [3.05, 3.63) is 48.0 Å². The molecule has 19 heavy (non-hydrogen) atoms. The molecule has 0 fully saturated rings. The highest BCUT2D eigenvalue weighted by Gasteiger charge is 2.06. The van der Waals surface area contributed by atoms with Gasteiger partial charge in [0, 0.05) is 5.39 Å². The first-order chi connectivity index (χ1) is 9.33. The minimum atomic E-state index is -0.326. The summed E-state index contributed by atoms with van der Waals surface area (Å²) in [5.74, 6) is 0. The van der Waals surface area contributed by atoms with Crippen LogP contribution in [0.1, 0.15) is 0 Å². The van der Waals surface area contributed by atoms with E-state index < -0.39 is 0 Å². The normalized spacial score (nSPS) is 10.3. The van der Waals surface area contributed by atoms with Gasteiger partial charge in [0.1, 0.15) is 5.51 Å². The first-order valence-corrected chi connectivity index (χ1v) is 6.53. The molecule has 5 nitrogen and oxygen atoms in total. The number of nitrogens with zero attached hydrogens (tertiary/aromatic N) is 2. The predicted molar refractivity (Wildman–Crippen MR) is 76.5 cm³/mol. The van der Waals surface area contributed by atoms with Gasteiger partial charge in [-0.3, -0.25) is 5.32 Å². The van der Waals surface area contributed by atoms with Crippen LogP contribution in [0.15, 0.2) is 48.0 Å². The van der Waals surface area contributed by atoms with Gasteiger partial charge < -0.3 is 5.32 Å². The first-order valence-electron chi connectivity index (χ1n) is 5.65. The molecule has 1 aromatic heterocycles. The molecule has 1 heterocycles. The minimum absolute atomic E-state index is 0.326. The molecule has 2 N–H and O–H groups in total. The maximum atomic E-state index is 11.8. The van der Waals surface area contributed by atoms with Crippen molar-refractivity contribution in [1.82, 2.24) is 10.2 Å². The number of urea groups is 1. The Morgan fingerprint density at radius 2 is 1.89 bits per heavy atom. The minimum Gasteiger partial charge on any atom is -0.307 e. The lowest BCUT2D eigenvalue weighted by Crippen LogP contribution is -2.19. The molecule has 0 aliphatic rings. The lowest BCUT2D eigenvalue weighted by Gasteiger charge is -2.08. The van der Waals surface area contributed by atoms with Gasteiger partial charge in [-0.05, 0) is 11.5 Å². The Balaban J connectivity index is 1.83. The molecule has 2 amide bonds. The van der Waals surface area contributed by atoms with E-state index in [1.807, 2.05) is 42.5 Å². The van der Waals surface area contributed by atoms with Crippen molar-refractivity contribution in [3.8, 4) is 0 Å². The lowest BCUT2D eigenvalue weighted by atomic mass is 10.1. The smallest absolute Gasteiger partial charge is 0.307 e. The van der Waals surface area contributed by atoms with Gasteiger partial charge in [0.25, 0.3) is 0 Å². The summed E-state index contributed by atoms with van der Waals surface area (Å²) in [6, 6.07) is 13.3. The van der Waals surface area contributed by atoms with E-state index in [1.54, 1.807) is 5.51 Å². The second kappa shape index (κ2) is 5.03. The fourth-order valence-corrected chi connectivity index (χ4v) is 2.25. The first kappa shape index (κ1) is 11.6. The maximum absolute atomic E-state index is 11.8. The van der Waals surface area contributed by atoms with Crippen LogP contribution in [-0.2, 0) is 0 Å². The van der Waals surface area contributed by atoms with Crippen molar-refractivity contribution in [2.75, 3.05) is 10.6 Å². The van der Waals surface area contributed by atoms with Crippen LogP contribution in [0.4, 0.5) is 15.6 Å². The lowest BCUT2D eigenvalue weighted by molar-refractivity contribution is 0.262. The van der Waals surface area contributed by atoms with Crippen molar-refractivity contribution in [2.24, 2.45) is 0 Å². The SMILES string of the molecule is O=C(Nc1nncs1)Nc1cccc2ccccc12. The molecule has 0 bridgehead atoms. The molecule has 0 saturated carbocycles. The Morgan fingerprint density at radius 1 is 1.05 bits per heavy atom. The van der Waals surface area contributed by atoms with Crippen LogP contribution in [0, 0.1) is 0 Å². The van der Waals surface area contributed by atoms with Crippen molar-refractivity contribution >= 4 is 39.0 Å². The number of anilines is 2. The number of carbonyl (C=O) groups excluding carboxylic acids is 1. The molecule has 6 heteroatoms. The number of nitrogens with one attached hydrogen (secondary N) is 2. The number of amides is 2. The van der Waals surface area contributed by atoms with E-state index in [-0.39, 0.29) is 6.03 Å². The molecule has 0 saturated heterocycles. The standard InChI is InChI=1S/C13H10N4OS/c18-12(16-13-17-14-8-19-13)15-11-7-3-5-9-4-1-2-6-10(9)11/h1-8H,(H2,15,16,17,18). The van der Waals surface area contributed by atoms with Gasteiger partial charge in [-0.1, -0.05) is 47.7 Å². The van der Waals surface area contributed by atoms with Crippen LogP contribution in [0.3, 0.4) is 0 Å². The molecule has 0 unspecified atom stereocenters. The van der Waals surface area contributed by atoms with E-state index >= 15 is 0 Å². The fourth-order valence-electron chi connectivity index (χ4n) is 1.81. The van der Waals surface area contributed by atoms with E-state index in [1.165, 1.54) is 11.3 Å². The molecule has 0 aliphatic heterocycles. The van der Waals surface area contributed by atoms with Crippen molar-refractivity contribution in [3.63, 3.8) is 0 Å². The Bertz CT molecular complexity index is 706. The molecular formula is C13H10N4OS. The maximum Gasteiger partial charge on any atom is 0.325 e. The highest BCUT2D eigenvalue weighted by atomic mass is 32.1. The van der Waals surface area contributed by atoms with Crippen LogP contribution in [-0.4, -0.2) is 16.2 Å².